The van der Waals surface area contributed by atoms with Crippen molar-refractivity contribution in [2.75, 3.05) is 12.9 Å². The molecule has 2 amide bonds. The van der Waals surface area contributed by atoms with Crippen LogP contribution in [-0.4, -0.2) is 75.1 Å². The molecule has 3 aliphatic heterocycles. The normalized spacial score (nSPS) is 23.6. The molecule has 2 aromatic heterocycles. The molecule has 12 heteroatoms. The third-order valence-electron chi connectivity index (χ3n) is 13.5. The lowest BCUT2D eigenvalue weighted by Gasteiger charge is -2.42. The van der Waals surface area contributed by atoms with E-state index >= 15 is 0 Å². The number of ether oxygens (including phenoxy) is 1. The minimum absolute atomic E-state index is 0.0109. The first-order valence-electron chi connectivity index (χ1n) is 21.5. The van der Waals surface area contributed by atoms with E-state index in [2.05, 4.69) is 44.3 Å². The topological polar surface area (TPSA) is 136 Å². The number of rotatable bonds is 10. The fraction of sp³-hybridized carbons (Fsp3) is 0.543. The molecule has 0 radical (unpaired) electrons. The van der Waals surface area contributed by atoms with Crippen molar-refractivity contribution in [3.8, 4) is 17.0 Å². The van der Waals surface area contributed by atoms with Crippen LogP contribution in [0.2, 0.25) is 0 Å². The van der Waals surface area contributed by atoms with E-state index in [9.17, 15) is 23.1 Å². The van der Waals surface area contributed by atoms with Gasteiger partial charge in [0.1, 0.15) is 5.75 Å². The number of nitrogens with zero attached hydrogens (tertiary/aromatic N) is 4. The number of hydrogen-bond donors (Lipinski definition) is 2. The van der Waals surface area contributed by atoms with Crippen LogP contribution >= 0.6 is 0 Å². The Hall–Kier alpha value is -4.42. The van der Waals surface area contributed by atoms with Crippen LogP contribution in [0.5, 0.6) is 5.75 Å². The van der Waals surface area contributed by atoms with Crippen LogP contribution in [0.4, 0.5) is 0 Å². The number of sulfonamides is 1. The Labute approximate surface area is 341 Å². The Bertz CT molecular complexity index is 2400. The van der Waals surface area contributed by atoms with Gasteiger partial charge in [0.05, 0.1) is 60.6 Å². The fourth-order valence-electron chi connectivity index (χ4n) is 10.9. The van der Waals surface area contributed by atoms with Crippen LogP contribution in [0.1, 0.15) is 143 Å². The van der Waals surface area contributed by atoms with Gasteiger partial charge in [-0.15, -0.1) is 0 Å². The summed E-state index contributed by atoms with van der Waals surface area (Å²) < 4.78 is 38.0. The molecule has 2 bridgehead atoms. The number of carbonyl (C=O) groups excluding carboxylic acids is 2. The first-order valence-corrected chi connectivity index (χ1v) is 23.1. The van der Waals surface area contributed by atoms with E-state index in [4.69, 9.17) is 9.84 Å². The quantitative estimate of drug-likeness (QED) is 0.166. The van der Waals surface area contributed by atoms with Gasteiger partial charge in [0.2, 0.25) is 15.9 Å². The number of aromatic nitrogens is 3. The van der Waals surface area contributed by atoms with E-state index in [1.165, 1.54) is 24.8 Å². The summed E-state index contributed by atoms with van der Waals surface area (Å²) in [6.07, 6.45) is 15.7. The average molecular weight is 808 g/mol. The van der Waals surface area contributed by atoms with Gasteiger partial charge < -0.3 is 19.3 Å². The molecule has 5 aliphatic rings. The number of amides is 2. The highest BCUT2D eigenvalue weighted by atomic mass is 32.2. The Morgan fingerprint density at radius 1 is 0.948 bits per heavy atom. The maximum absolute atomic E-state index is 14.9. The van der Waals surface area contributed by atoms with Crippen LogP contribution in [0.25, 0.3) is 33.8 Å². The standard InChI is InChI=1S/C46H57N5O6S/c1-28(2)27-58(55,56)48-41(52)20-29-13-17-38-40(19-29)49-26-32(21-31-22-36(57-4)16-18-37(31)44(49)42(38)30-9-6-5-7-10-30)43-39(25-47-51(43)33-11-8-12-33)45(53)50-34-14-15-35(50)24-46(3,54)23-34/h13,16-19,21-22,25,28,30,33-35,54H,5-12,14-15,20,23-24,26-27H2,1-4H3,(H,48,52). The van der Waals surface area contributed by atoms with Crippen molar-refractivity contribution in [2.24, 2.45) is 5.92 Å². The van der Waals surface area contributed by atoms with Gasteiger partial charge in [-0.2, -0.15) is 5.10 Å². The predicted molar refractivity (Wildman–Crippen MR) is 226 cm³/mol. The smallest absolute Gasteiger partial charge is 0.258 e. The molecule has 4 fully saturated rings. The number of aliphatic hydroxyl groups is 1. The Balaban J connectivity index is 1.20. The van der Waals surface area contributed by atoms with E-state index in [-0.39, 0.29) is 42.1 Å². The molecule has 4 aromatic rings. The van der Waals surface area contributed by atoms with Gasteiger partial charge in [-0.1, -0.05) is 45.2 Å². The van der Waals surface area contributed by atoms with E-state index in [1.54, 1.807) is 13.3 Å². The van der Waals surface area contributed by atoms with Crippen molar-refractivity contribution in [3.63, 3.8) is 0 Å². The average Bonchev–Trinajstić information content (AvgIpc) is 3.76. The third kappa shape index (κ3) is 7.18. The van der Waals surface area contributed by atoms with E-state index < -0.39 is 21.5 Å². The molecule has 9 rings (SSSR count). The number of hydrogen-bond acceptors (Lipinski definition) is 7. The molecule has 2 saturated carbocycles. The van der Waals surface area contributed by atoms with Crippen molar-refractivity contribution >= 4 is 44.4 Å². The maximum Gasteiger partial charge on any atom is 0.258 e. The van der Waals surface area contributed by atoms with Gasteiger partial charge in [-0.3, -0.25) is 19.0 Å². The van der Waals surface area contributed by atoms with E-state index in [1.807, 2.05) is 37.8 Å². The maximum atomic E-state index is 14.9. The number of carbonyl (C=O) groups is 2. The highest BCUT2D eigenvalue weighted by Gasteiger charge is 2.48. The van der Waals surface area contributed by atoms with Crippen molar-refractivity contribution in [1.82, 2.24) is 24.0 Å². The Morgan fingerprint density at radius 3 is 2.36 bits per heavy atom. The van der Waals surface area contributed by atoms with Crippen molar-refractivity contribution < 1.29 is 27.9 Å². The minimum atomic E-state index is -3.75. The second kappa shape index (κ2) is 15.0. The number of piperidine rings is 1. The summed E-state index contributed by atoms with van der Waals surface area (Å²) in [5.41, 5.74) is 7.93. The number of allylic oxidation sites excluding steroid dienone is 1. The summed E-state index contributed by atoms with van der Waals surface area (Å²) in [5, 5.41) is 17.2. The van der Waals surface area contributed by atoms with Crippen LogP contribution in [0, 0.1) is 5.92 Å². The zero-order valence-electron chi connectivity index (χ0n) is 34.3. The molecule has 58 heavy (non-hydrogen) atoms. The first kappa shape index (κ1) is 39.1. The second-order valence-corrected chi connectivity index (χ2v) is 20.2. The molecule has 5 heterocycles. The Morgan fingerprint density at radius 2 is 1.69 bits per heavy atom. The summed E-state index contributed by atoms with van der Waals surface area (Å²) in [7, 11) is -2.07. The van der Waals surface area contributed by atoms with Crippen molar-refractivity contribution in [1.29, 1.82) is 0 Å². The number of benzene rings is 2. The summed E-state index contributed by atoms with van der Waals surface area (Å²) in [5.74, 6) is 0.317. The van der Waals surface area contributed by atoms with Gasteiger partial charge in [0.15, 0.2) is 0 Å². The summed E-state index contributed by atoms with van der Waals surface area (Å²) in [4.78, 5) is 30.2. The molecule has 308 valence electrons. The van der Waals surface area contributed by atoms with Gasteiger partial charge in [-0.25, -0.2) is 8.42 Å². The lowest BCUT2D eigenvalue weighted by atomic mass is 9.81. The number of fused-ring (bicyclic) bond motifs is 7. The highest BCUT2D eigenvalue weighted by Crippen LogP contribution is 2.49. The molecule has 2 N–H and O–H groups in total. The SMILES string of the molecule is COc1ccc2c(c1)C=C(c1c(C(=O)N3C4CCC3CC(C)(O)C4)cnn1C1CCC1)Cn1c-2c(C2CCCCC2)c2ccc(CC(=O)NS(=O)(=O)CC(C)C)cc21. The molecule has 2 aromatic carbocycles. The predicted octanol–water partition coefficient (Wildman–Crippen LogP) is 8.00. The van der Waals surface area contributed by atoms with Crippen LogP contribution in [0.3, 0.4) is 0 Å². The zero-order chi connectivity index (χ0) is 40.5. The summed E-state index contributed by atoms with van der Waals surface area (Å²) in [6.45, 7) is 6.00. The summed E-state index contributed by atoms with van der Waals surface area (Å²) in [6, 6.07) is 12.6. The molecular weight excluding hydrogens is 751 g/mol. The summed E-state index contributed by atoms with van der Waals surface area (Å²) >= 11 is 0. The van der Waals surface area contributed by atoms with Crippen LogP contribution < -0.4 is 9.46 Å². The first-order chi connectivity index (χ1) is 27.8. The van der Waals surface area contributed by atoms with Crippen molar-refractivity contribution in [2.45, 2.75) is 140 Å². The molecule has 11 nitrogen and oxygen atoms in total. The fourth-order valence-corrected chi connectivity index (χ4v) is 12.3. The zero-order valence-corrected chi connectivity index (χ0v) is 35.1. The van der Waals surface area contributed by atoms with E-state index in [0.29, 0.717) is 30.9 Å². The number of methoxy groups -OCH3 is 1. The largest absolute Gasteiger partial charge is 0.497 e. The number of nitrogens with one attached hydrogen (secondary N) is 1. The monoisotopic (exact) mass is 807 g/mol. The highest BCUT2D eigenvalue weighted by molar-refractivity contribution is 7.90. The van der Waals surface area contributed by atoms with Crippen LogP contribution in [0.15, 0.2) is 42.6 Å². The third-order valence-corrected chi connectivity index (χ3v) is 15.1. The Kier molecular flexibility index (Phi) is 10.1. The van der Waals surface area contributed by atoms with Crippen LogP contribution in [-0.2, 0) is 27.8 Å². The minimum Gasteiger partial charge on any atom is -0.497 e. The molecular formula is C46H57N5O6S. The molecule has 2 aliphatic carbocycles. The lowest BCUT2D eigenvalue weighted by Crippen LogP contribution is -2.52. The van der Waals surface area contributed by atoms with Crippen molar-refractivity contribution in [3.05, 3.63) is 70.5 Å². The molecule has 2 atom stereocenters. The lowest BCUT2D eigenvalue weighted by molar-refractivity contribution is -0.118. The second-order valence-electron chi connectivity index (χ2n) is 18.5. The van der Waals surface area contributed by atoms with Gasteiger partial charge >= 0.3 is 0 Å². The van der Waals surface area contributed by atoms with E-state index in [0.717, 1.165) is 95.2 Å². The molecule has 0 spiro atoms. The van der Waals surface area contributed by atoms with Gasteiger partial charge in [-0.05, 0) is 129 Å². The molecule has 2 unspecified atom stereocenters. The molecule has 2 saturated heterocycles. The van der Waals surface area contributed by atoms with Gasteiger partial charge in [0, 0.05) is 28.6 Å². The van der Waals surface area contributed by atoms with Gasteiger partial charge in [0.25, 0.3) is 5.91 Å².